The first-order chi connectivity index (χ1) is 15.5. The quantitative estimate of drug-likeness (QED) is 0.621. The molecule has 1 heterocycles. The third-order valence-electron chi connectivity index (χ3n) is 5.15. The van der Waals surface area contributed by atoms with Gasteiger partial charge in [-0.2, -0.15) is 5.26 Å². The standard InChI is InChI=1S/C24H21N3O4S/c25-16-18-8-11-21(12-9-18)31-17-24(28)27-14-4-5-19-15-20(10-13-23(19)27)26-32(29,30)22-6-2-1-3-7-22/h1-3,6-13,15,26H,4-5,14,17H2. The second-order valence-corrected chi connectivity index (χ2v) is 9.02. The van der Waals surface area contributed by atoms with Crippen LogP contribution in [0.15, 0.2) is 77.7 Å². The first-order valence-electron chi connectivity index (χ1n) is 10.1. The molecule has 0 radical (unpaired) electrons. The lowest BCUT2D eigenvalue weighted by Crippen LogP contribution is -2.38. The van der Waals surface area contributed by atoms with E-state index in [1.807, 2.05) is 6.07 Å². The number of hydrogen-bond donors (Lipinski definition) is 1. The molecular formula is C24H21N3O4S. The SMILES string of the molecule is N#Cc1ccc(OCC(=O)N2CCCc3cc(NS(=O)(=O)c4ccccc4)ccc32)cc1. The Labute approximate surface area is 186 Å². The van der Waals surface area contributed by atoms with Crippen LogP contribution in [-0.4, -0.2) is 27.5 Å². The molecule has 0 aromatic heterocycles. The van der Waals surface area contributed by atoms with Gasteiger partial charge in [-0.1, -0.05) is 18.2 Å². The fourth-order valence-electron chi connectivity index (χ4n) is 3.58. The molecule has 32 heavy (non-hydrogen) atoms. The van der Waals surface area contributed by atoms with Gasteiger partial charge in [0.15, 0.2) is 6.61 Å². The van der Waals surface area contributed by atoms with E-state index in [0.717, 1.165) is 24.1 Å². The topological polar surface area (TPSA) is 99.5 Å². The molecule has 0 bridgehead atoms. The predicted octanol–water partition coefficient (Wildman–Crippen LogP) is 3.72. The number of nitriles is 1. The van der Waals surface area contributed by atoms with E-state index in [2.05, 4.69) is 4.72 Å². The number of aryl methyl sites for hydroxylation is 1. The lowest BCUT2D eigenvalue weighted by molar-refractivity contribution is -0.120. The van der Waals surface area contributed by atoms with Crippen LogP contribution in [0.2, 0.25) is 0 Å². The van der Waals surface area contributed by atoms with Crippen LogP contribution in [0, 0.1) is 11.3 Å². The Morgan fingerprint density at radius 2 is 1.81 bits per heavy atom. The Morgan fingerprint density at radius 1 is 1.06 bits per heavy atom. The van der Waals surface area contributed by atoms with Crippen molar-refractivity contribution in [2.24, 2.45) is 0 Å². The van der Waals surface area contributed by atoms with E-state index in [4.69, 9.17) is 10.00 Å². The average molecular weight is 448 g/mol. The third-order valence-corrected chi connectivity index (χ3v) is 6.55. The van der Waals surface area contributed by atoms with Crippen LogP contribution in [0.5, 0.6) is 5.75 Å². The van der Waals surface area contributed by atoms with E-state index >= 15 is 0 Å². The van der Waals surface area contributed by atoms with Crippen molar-refractivity contribution < 1.29 is 17.9 Å². The van der Waals surface area contributed by atoms with E-state index < -0.39 is 10.0 Å². The lowest BCUT2D eigenvalue weighted by Gasteiger charge is -2.30. The molecule has 0 fully saturated rings. The first-order valence-corrected chi connectivity index (χ1v) is 11.6. The van der Waals surface area contributed by atoms with Gasteiger partial charge in [0.05, 0.1) is 16.5 Å². The maximum Gasteiger partial charge on any atom is 0.264 e. The molecule has 8 heteroatoms. The molecule has 1 aliphatic heterocycles. The first kappa shape index (κ1) is 21.4. The minimum absolute atomic E-state index is 0.131. The van der Waals surface area contributed by atoms with Crippen molar-refractivity contribution in [2.45, 2.75) is 17.7 Å². The number of nitrogens with one attached hydrogen (secondary N) is 1. The fraction of sp³-hybridized carbons (Fsp3) is 0.167. The molecule has 162 valence electrons. The molecule has 0 saturated carbocycles. The van der Waals surface area contributed by atoms with Gasteiger partial charge in [0.2, 0.25) is 0 Å². The van der Waals surface area contributed by atoms with Gasteiger partial charge >= 0.3 is 0 Å². The van der Waals surface area contributed by atoms with E-state index in [0.29, 0.717) is 23.5 Å². The zero-order valence-corrected chi connectivity index (χ0v) is 18.0. The van der Waals surface area contributed by atoms with Gasteiger partial charge < -0.3 is 9.64 Å². The zero-order valence-electron chi connectivity index (χ0n) is 17.2. The zero-order chi connectivity index (χ0) is 22.6. The Hall–Kier alpha value is -3.83. The summed E-state index contributed by atoms with van der Waals surface area (Å²) >= 11 is 0. The highest BCUT2D eigenvalue weighted by molar-refractivity contribution is 7.92. The highest BCUT2D eigenvalue weighted by atomic mass is 32.2. The van der Waals surface area contributed by atoms with Gasteiger partial charge in [0.1, 0.15) is 5.75 Å². The molecule has 7 nitrogen and oxygen atoms in total. The number of benzene rings is 3. The summed E-state index contributed by atoms with van der Waals surface area (Å²) in [6, 6.07) is 22.0. The molecule has 0 unspecified atom stereocenters. The summed E-state index contributed by atoms with van der Waals surface area (Å²) in [5, 5.41) is 8.86. The Balaban J connectivity index is 1.46. The normalized spacial score (nSPS) is 13.0. The van der Waals surface area contributed by atoms with Gasteiger partial charge in [-0.15, -0.1) is 0 Å². The number of fused-ring (bicyclic) bond motifs is 1. The van der Waals surface area contributed by atoms with Crippen LogP contribution in [0.25, 0.3) is 0 Å². The molecule has 1 N–H and O–H groups in total. The van der Waals surface area contributed by atoms with E-state index in [9.17, 15) is 13.2 Å². The van der Waals surface area contributed by atoms with Crippen molar-refractivity contribution in [1.29, 1.82) is 5.26 Å². The summed E-state index contributed by atoms with van der Waals surface area (Å²) in [5.74, 6) is 0.327. The van der Waals surface area contributed by atoms with Crippen molar-refractivity contribution in [3.63, 3.8) is 0 Å². The second-order valence-electron chi connectivity index (χ2n) is 7.34. The number of sulfonamides is 1. The Bertz CT molecular complexity index is 1270. The van der Waals surface area contributed by atoms with Crippen molar-refractivity contribution in [3.8, 4) is 11.8 Å². The average Bonchev–Trinajstić information content (AvgIpc) is 2.82. The molecule has 0 atom stereocenters. The number of carbonyl (C=O) groups excluding carboxylic acids is 1. The minimum atomic E-state index is -3.68. The molecule has 1 aliphatic rings. The molecule has 1 amide bonds. The molecule has 0 aliphatic carbocycles. The number of ether oxygens (including phenoxy) is 1. The Kier molecular flexibility index (Phi) is 6.10. The van der Waals surface area contributed by atoms with Gasteiger partial charge in [0.25, 0.3) is 15.9 Å². The number of rotatable bonds is 6. The number of hydrogen-bond acceptors (Lipinski definition) is 5. The number of amides is 1. The van der Waals surface area contributed by atoms with E-state index in [1.165, 1.54) is 12.1 Å². The number of anilines is 2. The summed E-state index contributed by atoms with van der Waals surface area (Å²) in [7, 11) is -3.68. The number of nitrogens with zero attached hydrogens (tertiary/aromatic N) is 2. The highest BCUT2D eigenvalue weighted by Crippen LogP contribution is 2.30. The summed E-state index contributed by atoms with van der Waals surface area (Å²) in [6.45, 7) is 0.436. The van der Waals surface area contributed by atoms with Crippen molar-refractivity contribution in [1.82, 2.24) is 0 Å². The van der Waals surface area contributed by atoms with Crippen molar-refractivity contribution >= 4 is 27.3 Å². The predicted molar refractivity (Wildman–Crippen MR) is 121 cm³/mol. The molecule has 3 aromatic rings. The summed E-state index contributed by atoms with van der Waals surface area (Å²) in [4.78, 5) is 14.6. The lowest BCUT2D eigenvalue weighted by atomic mass is 10.0. The van der Waals surface area contributed by atoms with Crippen molar-refractivity contribution in [3.05, 3.63) is 83.9 Å². The van der Waals surface area contributed by atoms with Crippen LogP contribution < -0.4 is 14.4 Å². The van der Waals surface area contributed by atoms with Crippen LogP contribution in [0.4, 0.5) is 11.4 Å². The smallest absolute Gasteiger partial charge is 0.264 e. The van der Waals surface area contributed by atoms with E-state index in [-0.39, 0.29) is 17.4 Å². The molecular weight excluding hydrogens is 426 g/mol. The number of carbonyl (C=O) groups is 1. The van der Waals surface area contributed by atoms with Gasteiger partial charge in [0, 0.05) is 17.9 Å². The largest absolute Gasteiger partial charge is 0.484 e. The van der Waals surface area contributed by atoms with E-state index in [1.54, 1.807) is 65.6 Å². The third kappa shape index (κ3) is 4.74. The maximum absolute atomic E-state index is 12.8. The molecule has 0 saturated heterocycles. The van der Waals surface area contributed by atoms with Crippen LogP contribution in [0.1, 0.15) is 17.5 Å². The molecule has 4 rings (SSSR count). The van der Waals surface area contributed by atoms with Gasteiger partial charge in [-0.05, 0) is 73.0 Å². The fourth-order valence-corrected chi connectivity index (χ4v) is 4.65. The summed E-state index contributed by atoms with van der Waals surface area (Å²) in [5.41, 5.74) is 2.63. The maximum atomic E-state index is 12.8. The monoisotopic (exact) mass is 447 g/mol. The summed E-state index contributed by atoms with van der Waals surface area (Å²) < 4.78 is 33.4. The van der Waals surface area contributed by atoms with Crippen LogP contribution in [0.3, 0.4) is 0 Å². The van der Waals surface area contributed by atoms with Gasteiger partial charge in [-0.3, -0.25) is 9.52 Å². The minimum Gasteiger partial charge on any atom is -0.484 e. The van der Waals surface area contributed by atoms with Gasteiger partial charge in [-0.25, -0.2) is 8.42 Å². The second kappa shape index (κ2) is 9.12. The molecule has 0 spiro atoms. The molecule has 3 aromatic carbocycles. The van der Waals surface area contributed by atoms with Crippen LogP contribution >= 0.6 is 0 Å². The Morgan fingerprint density at radius 3 is 2.53 bits per heavy atom. The van der Waals surface area contributed by atoms with Crippen molar-refractivity contribution in [2.75, 3.05) is 22.8 Å². The highest BCUT2D eigenvalue weighted by Gasteiger charge is 2.24. The summed E-state index contributed by atoms with van der Waals surface area (Å²) in [6.07, 6.45) is 1.51. The van der Waals surface area contributed by atoms with Crippen LogP contribution in [-0.2, 0) is 21.2 Å².